The molecule has 2 saturated heterocycles. The number of phenolic OH excluding ortho intramolecular Hbond substituents is 3. The van der Waals surface area contributed by atoms with Crippen LogP contribution in [-0.4, -0.2) is 114 Å². The number of hydrogen-bond acceptors (Lipinski definition) is 15. The minimum atomic E-state index is -1.78. The lowest BCUT2D eigenvalue weighted by atomic mass is 9.97. The van der Waals surface area contributed by atoms with Crippen molar-refractivity contribution in [2.24, 2.45) is 0 Å². The van der Waals surface area contributed by atoms with E-state index in [1.54, 1.807) is 0 Å². The van der Waals surface area contributed by atoms with Crippen molar-refractivity contribution in [3.8, 4) is 34.3 Å². The number of phenols is 3. The Morgan fingerprint density at radius 1 is 0.786 bits per heavy atom. The molecule has 1 aromatic heterocycles. The number of aliphatic hydroxyl groups excluding tert-OH is 6. The summed E-state index contributed by atoms with van der Waals surface area (Å²) in [5, 5.41) is 91.2. The van der Waals surface area contributed by atoms with E-state index in [0.29, 0.717) is 0 Å². The second-order valence-electron chi connectivity index (χ2n) is 10.1. The Kier molecular flexibility index (Phi) is 8.30. The third-order valence-electron chi connectivity index (χ3n) is 7.22. The number of hydrogen-bond donors (Lipinski definition) is 9. The van der Waals surface area contributed by atoms with E-state index in [9.17, 15) is 50.8 Å². The van der Waals surface area contributed by atoms with Crippen molar-refractivity contribution in [2.45, 2.75) is 68.3 Å². The first-order valence-corrected chi connectivity index (χ1v) is 12.9. The van der Waals surface area contributed by atoms with Gasteiger partial charge in [0.05, 0.1) is 12.7 Å². The van der Waals surface area contributed by atoms with Gasteiger partial charge in [0.25, 0.3) is 0 Å². The minimum absolute atomic E-state index is 0.0216. The van der Waals surface area contributed by atoms with Crippen LogP contribution in [-0.2, 0) is 14.2 Å². The first kappa shape index (κ1) is 30.0. The van der Waals surface area contributed by atoms with Gasteiger partial charge in [-0.3, -0.25) is 4.79 Å². The molecule has 2 aliphatic rings. The molecule has 3 aromatic rings. The van der Waals surface area contributed by atoms with Crippen molar-refractivity contribution in [3.05, 3.63) is 46.6 Å². The molecule has 0 unspecified atom stereocenters. The summed E-state index contributed by atoms with van der Waals surface area (Å²) in [6, 6.07) is 7.08. The molecule has 42 heavy (non-hydrogen) atoms. The highest BCUT2D eigenvalue weighted by Gasteiger charge is 2.50. The zero-order valence-corrected chi connectivity index (χ0v) is 21.9. The second-order valence-corrected chi connectivity index (χ2v) is 10.1. The summed E-state index contributed by atoms with van der Waals surface area (Å²) in [7, 11) is 0. The second kappa shape index (κ2) is 11.6. The van der Waals surface area contributed by atoms with Gasteiger partial charge in [-0.05, 0) is 25.1 Å². The third-order valence-corrected chi connectivity index (χ3v) is 7.22. The van der Waals surface area contributed by atoms with Crippen LogP contribution in [0.4, 0.5) is 0 Å². The Balaban J connectivity index is 1.48. The molecule has 0 bridgehead atoms. The van der Waals surface area contributed by atoms with Crippen LogP contribution in [0.15, 0.2) is 45.6 Å². The molecule has 9 N–H and O–H groups in total. The van der Waals surface area contributed by atoms with Crippen LogP contribution in [0, 0.1) is 0 Å². The van der Waals surface area contributed by atoms with Gasteiger partial charge < -0.3 is 69.3 Å². The normalized spacial score (nSPS) is 33.5. The molecule has 0 aliphatic carbocycles. The van der Waals surface area contributed by atoms with E-state index >= 15 is 0 Å². The smallest absolute Gasteiger partial charge is 0.229 e. The van der Waals surface area contributed by atoms with E-state index in [1.807, 2.05) is 0 Å². The van der Waals surface area contributed by atoms with E-state index in [2.05, 4.69) is 0 Å². The summed E-state index contributed by atoms with van der Waals surface area (Å²) in [5.74, 6) is -1.60. The molecule has 2 fully saturated rings. The van der Waals surface area contributed by atoms with Gasteiger partial charge in [-0.1, -0.05) is 0 Å². The van der Waals surface area contributed by atoms with Gasteiger partial charge in [0.2, 0.25) is 6.29 Å². The van der Waals surface area contributed by atoms with Crippen LogP contribution >= 0.6 is 0 Å². The number of benzene rings is 2. The Morgan fingerprint density at radius 2 is 1.52 bits per heavy atom. The SMILES string of the molecule is C[C@H]1O[C@@H](O[C@H]2[C@H](Oc3cc(O)c4c(=O)cc(-c5ccc(O)c(O)c5)oc4c3)O[C@H](CO)[C@@H](O)[C@@H]2O)[C@H](O)[C@@H](O)[C@@H]1O. The highest BCUT2D eigenvalue weighted by atomic mass is 16.8. The summed E-state index contributed by atoms with van der Waals surface area (Å²) >= 11 is 0. The van der Waals surface area contributed by atoms with Crippen molar-refractivity contribution < 1.29 is 69.3 Å². The van der Waals surface area contributed by atoms with Crippen molar-refractivity contribution >= 4 is 11.0 Å². The van der Waals surface area contributed by atoms with E-state index in [-0.39, 0.29) is 33.8 Å². The third kappa shape index (κ3) is 5.49. The average molecular weight is 595 g/mol. The predicted octanol–water partition coefficient (Wildman–Crippen LogP) is -1.39. The maximum Gasteiger partial charge on any atom is 0.229 e. The number of ether oxygens (including phenoxy) is 4. The summed E-state index contributed by atoms with van der Waals surface area (Å²) < 4.78 is 28.3. The minimum Gasteiger partial charge on any atom is -0.507 e. The lowest BCUT2D eigenvalue weighted by molar-refractivity contribution is -0.354. The molecule has 15 heteroatoms. The number of aliphatic hydroxyl groups is 6. The van der Waals surface area contributed by atoms with E-state index in [4.69, 9.17) is 23.4 Å². The maximum absolute atomic E-state index is 12.8. The highest BCUT2D eigenvalue weighted by Crippen LogP contribution is 2.36. The standard InChI is InChI=1S/C27H30O15/c1-9-20(33)22(35)24(37)26(38-9)42-25-23(36)21(34)18(8-28)41-27(25)39-11-5-14(31)19-15(32)7-16(40-17(19)6-11)10-2-3-12(29)13(30)4-10/h2-7,9,18,20-31,33-37H,8H2,1H3/t9-,18-,20-,21-,22+,23+,24-,25-,26+,27-/m1/s1. The van der Waals surface area contributed by atoms with Crippen LogP contribution in [0.2, 0.25) is 0 Å². The lowest BCUT2D eigenvalue weighted by Gasteiger charge is -2.45. The fraction of sp³-hybridized carbons (Fsp3) is 0.444. The lowest BCUT2D eigenvalue weighted by Crippen LogP contribution is -2.64. The van der Waals surface area contributed by atoms with Crippen LogP contribution < -0.4 is 10.2 Å². The average Bonchev–Trinajstić information content (AvgIpc) is 2.95. The Hall–Kier alpha value is -3.51. The Labute approximate surface area is 236 Å². The van der Waals surface area contributed by atoms with Crippen LogP contribution in [0.25, 0.3) is 22.3 Å². The number of fused-ring (bicyclic) bond motifs is 1. The largest absolute Gasteiger partial charge is 0.507 e. The molecule has 0 spiro atoms. The highest BCUT2D eigenvalue weighted by molar-refractivity contribution is 5.86. The van der Waals surface area contributed by atoms with Crippen molar-refractivity contribution in [1.29, 1.82) is 0 Å². The molecular weight excluding hydrogens is 564 g/mol. The van der Waals surface area contributed by atoms with Crippen LogP contribution in [0.3, 0.4) is 0 Å². The van der Waals surface area contributed by atoms with Crippen molar-refractivity contribution in [2.75, 3.05) is 6.61 Å². The molecule has 3 heterocycles. The molecule has 0 amide bonds. The summed E-state index contributed by atoms with van der Waals surface area (Å²) in [4.78, 5) is 12.8. The van der Waals surface area contributed by atoms with Crippen molar-refractivity contribution in [3.63, 3.8) is 0 Å². The van der Waals surface area contributed by atoms with E-state index < -0.39 is 84.9 Å². The molecule has 0 radical (unpaired) electrons. The molecule has 228 valence electrons. The number of rotatable bonds is 6. The molecule has 2 aromatic carbocycles. The Morgan fingerprint density at radius 3 is 2.21 bits per heavy atom. The van der Waals surface area contributed by atoms with Gasteiger partial charge in [0.1, 0.15) is 64.9 Å². The zero-order chi connectivity index (χ0) is 30.5. The molecule has 5 rings (SSSR count). The first-order chi connectivity index (χ1) is 19.9. The molecule has 10 atom stereocenters. The van der Waals surface area contributed by atoms with E-state index in [1.165, 1.54) is 25.1 Å². The molecule has 2 aliphatic heterocycles. The van der Waals surface area contributed by atoms with E-state index in [0.717, 1.165) is 18.2 Å². The summed E-state index contributed by atoms with van der Waals surface area (Å²) in [6.45, 7) is 0.671. The van der Waals surface area contributed by atoms with Gasteiger partial charge in [-0.15, -0.1) is 0 Å². The van der Waals surface area contributed by atoms with Crippen LogP contribution in [0.5, 0.6) is 23.0 Å². The number of aromatic hydroxyl groups is 3. The van der Waals surface area contributed by atoms with Gasteiger partial charge in [0, 0.05) is 23.8 Å². The first-order valence-electron chi connectivity index (χ1n) is 12.9. The monoisotopic (exact) mass is 594 g/mol. The zero-order valence-electron chi connectivity index (χ0n) is 21.9. The van der Waals surface area contributed by atoms with Gasteiger partial charge in [-0.25, -0.2) is 0 Å². The quantitative estimate of drug-likeness (QED) is 0.149. The Bertz CT molecular complexity index is 1490. The topological polar surface area (TPSA) is 249 Å². The fourth-order valence-corrected chi connectivity index (χ4v) is 4.84. The van der Waals surface area contributed by atoms with Crippen molar-refractivity contribution in [1.82, 2.24) is 0 Å². The molecule has 15 nitrogen and oxygen atoms in total. The van der Waals surface area contributed by atoms with Crippen LogP contribution in [0.1, 0.15) is 6.92 Å². The predicted molar refractivity (Wildman–Crippen MR) is 139 cm³/mol. The fourth-order valence-electron chi connectivity index (χ4n) is 4.84. The van der Waals surface area contributed by atoms with Gasteiger partial charge >= 0.3 is 0 Å². The maximum atomic E-state index is 12.8. The summed E-state index contributed by atoms with van der Waals surface area (Å²) in [6.07, 6.45) is -15.5. The van der Waals surface area contributed by atoms with Gasteiger partial charge in [-0.2, -0.15) is 0 Å². The molecule has 0 saturated carbocycles. The summed E-state index contributed by atoms with van der Waals surface area (Å²) in [5.41, 5.74) is -0.575. The molecular formula is C27H30O15. The van der Waals surface area contributed by atoms with Gasteiger partial charge in [0.15, 0.2) is 29.3 Å².